The number of likely N-dealkylation sites (tertiary alicyclic amines) is 2. The molecule has 0 spiro atoms. The number of imide groups is 1. The van der Waals surface area contributed by atoms with E-state index in [4.69, 9.17) is 11.1 Å². The maximum absolute atomic E-state index is 13.1. The van der Waals surface area contributed by atoms with Crippen LogP contribution in [0.4, 0.5) is 4.79 Å². The van der Waals surface area contributed by atoms with E-state index in [1.54, 1.807) is 9.80 Å². The lowest BCUT2D eigenvalue weighted by Crippen LogP contribution is -2.70. The molecule has 39 heavy (non-hydrogen) atoms. The van der Waals surface area contributed by atoms with Crippen LogP contribution in [0.5, 0.6) is 0 Å². The van der Waals surface area contributed by atoms with Crippen molar-refractivity contribution in [2.24, 2.45) is 23.5 Å². The van der Waals surface area contributed by atoms with Gasteiger partial charge in [-0.25, -0.2) is 14.5 Å². The maximum Gasteiger partial charge on any atom is 0.327 e. The molecule has 0 aromatic carbocycles. The molecule has 1 aliphatic carbocycles. The fraction of sp³-hybridized carbons (Fsp3) is 0.821. The lowest BCUT2D eigenvalue weighted by molar-refractivity contribution is -0.167. The van der Waals surface area contributed by atoms with Gasteiger partial charge in [0.25, 0.3) is 0 Å². The van der Waals surface area contributed by atoms with E-state index in [2.05, 4.69) is 0 Å². The number of hydrogen-bond donors (Lipinski definition) is 3. The summed E-state index contributed by atoms with van der Waals surface area (Å²) in [6.45, 7) is 2.60. The number of unbranched alkanes of at least 4 members (excludes halogenated alkanes) is 2. The Morgan fingerprint density at radius 1 is 0.846 bits per heavy atom. The Hall–Kier alpha value is -2.85. The van der Waals surface area contributed by atoms with Crippen molar-refractivity contribution < 1.29 is 24.3 Å². The van der Waals surface area contributed by atoms with Crippen LogP contribution in [0, 0.1) is 23.2 Å². The highest BCUT2D eigenvalue weighted by Crippen LogP contribution is 2.36. The highest BCUT2D eigenvalue weighted by molar-refractivity contribution is 6.07. The number of carbonyl (C=O) groups is 4. The van der Waals surface area contributed by atoms with Crippen LogP contribution in [-0.2, 0) is 14.4 Å². The van der Waals surface area contributed by atoms with Crippen molar-refractivity contribution in [3.05, 3.63) is 0 Å². The summed E-state index contributed by atoms with van der Waals surface area (Å²) in [5.74, 6) is -1.35. The van der Waals surface area contributed by atoms with Gasteiger partial charge in [-0.2, -0.15) is 0 Å². The number of nitrogens with two attached hydrogens (primary N) is 1. The van der Waals surface area contributed by atoms with Gasteiger partial charge in [-0.15, -0.1) is 0 Å². The van der Waals surface area contributed by atoms with E-state index in [0.29, 0.717) is 52.1 Å². The van der Waals surface area contributed by atoms with Crippen molar-refractivity contribution >= 4 is 29.8 Å². The van der Waals surface area contributed by atoms with Gasteiger partial charge in [0.05, 0.1) is 5.92 Å². The third-order valence-electron chi connectivity index (χ3n) is 9.25. The number of carboxylic acid groups (broad SMARTS) is 1. The normalized spacial score (nSPS) is 26.4. The Balaban J connectivity index is 1.19. The average Bonchev–Trinajstić information content (AvgIpc) is 2.94. The van der Waals surface area contributed by atoms with Gasteiger partial charge in [0.1, 0.15) is 0 Å². The summed E-state index contributed by atoms with van der Waals surface area (Å²) in [7, 11) is 0. The molecule has 1 saturated carbocycles. The zero-order valence-corrected chi connectivity index (χ0v) is 23.2. The summed E-state index contributed by atoms with van der Waals surface area (Å²) < 4.78 is 0. The van der Waals surface area contributed by atoms with E-state index >= 15 is 0 Å². The second-order valence-corrected chi connectivity index (χ2v) is 11.9. The number of nitrogens with zero attached hydrogens (tertiary/aromatic N) is 4. The van der Waals surface area contributed by atoms with E-state index in [9.17, 15) is 24.3 Å². The highest BCUT2D eigenvalue weighted by Gasteiger charge is 2.56. The van der Waals surface area contributed by atoms with Gasteiger partial charge in [0.15, 0.2) is 12.0 Å². The molecular weight excluding hydrogens is 500 g/mol. The number of piperidine rings is 1. The molecule has 4 rings (SSSR count). The first-order chi connectivity index (χ1) is 18.8. The summed E-state index contributed by atoms with van der Waals surface area (Å²) >= 11 is 0. The van der Waals surface area contributed by atoms with Crippen molar-refractivity contribution in [2.45, 2.75) is 89.5 Å². The monoisotopic (exact) mass is 546 g/mol. The molecule has 0 bridgehead atoms. The van der Waals surface area contributed by atoms with Gasteiger partial charge in [0.2, 0.25) is 11.8 Å². The number of carbonyl (C=O) groups excluding carboxylic acids is 3. The number of amides is 4. The lowest BCUT2D eigenvalue weighted by Gasteiger charge is -2.47. The lowest BCUT2D eigenvalue weighted by atomic mass is 9.78. The Labute approximate surface area is 231 Å². The maximum atomic E-state index is 13.1. The van der Waals surface area contributed by atoms with Gasteiger partial charge in [0, 0.05) is 45.7 Å². The quantitative estimate of drug-likeness (QED) is 0.174. The van der Waals surface area contributed by atoms with E-state index in [0.717, 1.165) is 36.5 Å². The third kappa shape index (κ3) is 7.22. The van der Waals surface area contributed by atoms with Crippen LogP contribution in [0.1, 0.15) is 83.5 Å². The van der Waals surface area contributed by atoms with Crippen molar-refractivity contribution in [2.75, 3.05) is 39.3 Å². The first kappa shape index (κ1) is 29.1. The average molecular weight is 547 g/mol. The second kappa shape index (κ2) is 13.5. The van der Waals surface area contributed by atoms with Gasteiger partial charge in [-0.1, -0.05) is 51.4 Å². The van der Waals surface area contributed by atoms with Crippen molar-refractivity contribution in [3.63, 3.8) is 0 Å². The molecule has 11 heteroatoms. The minimum absolute atomic E-state index is 0.0153. The molecule has 4 aliphatic rings. The summed E-state index contributed by atoms with van der Waals surface area (Å²) in [6, 6.07) is -1.75. The predicted octanol–water partition coefficient (Wildman–Crippen LogP) is 2.69. The third-order valence-corrected chi connectivity index (χ3v) is 9.25. The summed E-state index contributed by atoms with van der Waals surface area (Å²) in [4.78, 5) is 56.8. The SMILES string of the molecule is N=C(N)N1CCC[C@@H](C[C@H]2C(=O)N(C(=O)N3CCN(C(=O)CCCCCC4CCCCC4)CC3)C2C(=O)O)C1. The van der Waals surface area contributed by atoms with Crippen LogP contribution in [0.2, 0.25) is 0 Å². The molecule has 3 heterocycles. The van der Waals surface area contributed by atoms with E-state index in [1.807, 2.05) is 0 Å². The van der Waals surface area contributed by atoms with Crippen LogP contribution < -0.4 is 5.73 Å². The molecule has 4 fully saturated rings. The zero-order valence-electron chi connectivity index (χ0n) is 23.2. The summed E-state index contributed by atoms with van der Waals surface area (Å²) in [5.41, 5.74) is 5.61. The number of piperazine rings is 1. The molecule has 218 valence electrons. The van der Waals surface area contributed by atoms with Gasteiger partial charge < -0.3 is 25.5 Å². The van der Waals surface area contributed by atoms with Crippen LogP contribution in [0.15, 0.2) is 0 Å². The molecule has 0 aromatic rings. The van der Waals surface area contributed by atoms with E-state index < -0.39 is 29.9 Å². The molecule has 3 saturated heterocycles. The number of β-lactam (4-membered cyclic amide) rings is 1. The number of nitrogens with one attached hydrogen (secondary N) is 1. The minimum Gasteiger partial charge on any atom is -0.480 e. The minimum atomic E-state index is -1.18. The molecule has 3 aliphatic heterocycles. The first-order valence-corrected chi connectivity index (χ1v) is 15.0. The second-order valence-electron chi connectivity index (χ2n) is 11.9. The predicted molar refractivity (Wildman–Crippen MR) is 146 cm³/mol. The Kier molecular flexibility index (Phi) is 10.1. The van der Waals surface area contributed by atoms with Crippen molar-refractivity contribution in [1.82, 2.24) is 19.6 Å². The number of carboxylic acids is 1. The van der Waals surface area contributed by atoms with Gasteiger partial charge in [-0.05, 0) is 37.5 Å². The number of urea groups is 1. The smallest absolute Gasteiger partial charge is 0.327 e. The molecule has 0 radical (unpaired) electrons. The van der Waals surface area contributed by atoms with Gasteiger partial charge in [-0.3, -0.25) is 15.0 Å². The van der Waals surface area contributed by atoms with E-state index in [1.165, 1.54) is 49.8 Å². The number of guanidine groups is 1. The molecule has 0 aromatic heterocycles. The van der Waals surface area contributed by atoms with Crippen LogP contribution in [0.25, 0.3) is 0 Å². The van der Waals surface area contributed by atoms with Crippen LogP contribution in [0.3, 0.4) is 0 Å². The fourth-order valence-corrected chi connectivity index (χ4v) is 6.93. The highest BCUT2D eigenvalue weighted by atomic mass is 16.4. The van der Waals surface area contributed by atoms with E-state index in [-0.39, 0.29) is 17.8 Å². The molecule has 1 unspecified atom stereocenters. The number of hydrogen-bond acceptors (Lipinski definition) is 5. The number of aliphatic carboxylic acids is 1. The summed E-state index contributed by atoms with van der Waals surface area (Å²) in [6.07, 6.45) is 13.8. The first-order valence-electron chi connectivity index (χ1n) is 15.0. The van der Waals surface area contributed by atoms with Crippen molar-refractivity contribution in [1.29, 1.82) is 5.41 Å². The van der Waals surface area contributed by atoms with Crippen molar-refractivity contribution in [3.8, 4) is 0 Å². The molecule has 4 N–H and O–H groups in total. The van der Waals surface area contributed by atoms with Crippen LogP contribution in [-0.4, -0.2) is 99.8 Å². The molecule has 11 nitrogen and oxygen atoms in total. The largest absolute Gasteiger partial charge is 0.480 e. The number of rotatable bonds is 9. The molecular formula is C28H46N6O5. The Bertz CT molecular complexity index is 914. The standard InChI is InChI=1S/C28H46N6O5/c29-27(30)33-13-7-11-21(19-33)18-22-24(26(37)38)34(25(22)36)28(39)32-16-14-31(15-17-32)23(35)12-6-2-5-10-20-8-3-1-4-9-20/h20-22,24H,1-19H2,(H3,29,30)(H,37,38)/t21-,22+,24?/m0/s1. The fourth-order valence-electron chi connectivity index (χ4n) is 6.93. The zero-order chi connectivity index (χ0) is 27.9. The Morgan fingerprint density at radius 2 is 1.51 bits per heavy atom. The summed E-state index contributed by atoms with van der Waals surface area (Å²) in [5, 5.41) is 17.5. The van der Waals surface area contributed by atoms with Crippen LogP contribution >= 0.6 is 0 Å². The molecule has 3 atom stereocenters. The Morgan fingerprint density at radius 3 is 2.18 bits per heavy atom. The topological polar surface area (TPSA) is 151 Å². The molecule has 4 amide bonds. The van der Waals surface area contributed by atoms with Gasteiger partial charge >= 0.3 is 12.0 Å².